The molecule has 1 heterocycles. The average molecular weight is 614 g/mol. The molecule has 1 N–H and O–H groups in total. The Morgan fingerprint density at radius 3 is 1.60 bits per heavy atom. The predicted molar refractivity (Wildman–Crippen MR) is 197 cm³/mol. The molecule has 3 heteroatoms. The molecule has 48 heavy (non-hydrogen) atoms. The predicted octanol–water partition coefficient (Wildman–Crippen LogP) is 11.1. The van der Waals surface area contributed by atoms with Crippen LogP contribution in [0.2, 0.25) is 0 Å². The summed E-state index contributed by atoms with van der Waals surface area (Å²) < 4.78 is 0. The lowest BCUT2D eigenvalue weighted by atomic mass is 9.67. The molecular formula is C45H31N3. The number of hydrogen-bond acceptors (Lipinski definition) is 3. The van der Waals surface area contributed by atoms with Crippen LogP contribution in [-0.2, 0) is 5.41 Å². The topological polar surface area (TPSA) is 37.8 Å². The molecule has 8 aromatic rings. The lowest BCUT2D eigenvalue weighted by Crippen LogP contribution is -2.28. The highest BCUT2D eigenvalue weighted by molar-refractivity contribution is 5.92. The Labute approximate surface area is 280 Å². The second kappa shape index (κ2) is 11.5. The van der Waals surface area contributed by atoms with E-state index < -0.39 is 5.41 Å². The first kappa shape index (κ1) is 27.9. The van der Waals surface area contributed by atoms with Crippen molar-refractivity contribution < 1.29 is 0 Å². The molecule has 1 aliphatic carbocycles. The van der Waals surface area contributed by atoms with Crippen molar-refractivity contribution >= 4 is 22.4 Å². The van der Waals surface area contributed by atoms with E-state index in [0.717, 1.165) is 44.9 Å². The lowest BCUT2D eigenvalue weighted by molar-refractivity contribution is 0.769. The molecule has 0 spiro atoms. The third-order valence-electron chi connectivity index (χ3n) is 9.54. The van der Waals surface area contributed by atoms with Gasteiger partial charge in [0, 0.05) is 22.5 Å². The van der Waals surface area contributed by atoms with Crippen LogP contribution < -0.4 is 5.32 Å². The van der Waals surface area contributed by atoms with Gasteiger partial charge in [0.25, 0.3) is 0 Å². The van der Waals surface area contributed by atoms with E-state index in [9.17, 15) is 0 Å². The summed E-state index contributed by atoms with van der Waals surface area (Å²) in [6.07, 6.45) is 0. The molecule has 0 aliphatic heterocycles. The number of fused-ring (bicyclic) bond motifs is 4. The lowest BCUT2D eigenvalue weighted by Gasteiger charge is -2.34. The molecule has 0 amide bonds. The van der Waals surface area contributed by atoms with E-state index in [1.807, 2.05) is 30.3 Å². The zero-order valence-corrected chi connectivity index (χ0v) is 26.2. The van der Waals surface area contributed by atoms with Crippen molar-refractivity contribution in [2.45, 2.75) is 5.41 Å². The molecule has 0 bridgehead atoms. The van der Waals surface area contributed by atoms with Crippen molar-refractivity contribution in [3.63, 3.8) is 0 Å². The van der Waals surface area contributed by atoms with Crippen LogP contribution in [-0.4, -0.2) is 9.97 Å². The van der Waals surface area contributed by atoms with Gasteiger partial charge in [0.1, 0.15) is 0 Å². The maximum absolute atomic E-state index is 5.21. The number of para-hydroxylation sites is 3. The van der Waals surface area contributed by atoms with Crippen molar-refractivity contribution in [3.05, 3.63) is 204 Å². The third-order valence-corrected chi connectivity index (χ3v) is 9.54. The van der Waals surface area contributed by atoms with E-state index in [2.05, 4.69) is 157 Å². The summed E-state index contributed by atoms with van der Waals surface area (Å²) in [5.41, 5.74) is 14.6. The van der Waals surface area contributed by atoms with Crippen LogP contribution in [0.3, 0.4) is 0 Å². The minimum absolute atomic E-state index is 0.462. The van der Waals surface area contributed by atoms with Crippen molar-refractivity contribution in [3.8, 4) is 33.6 Å². The summed E-state index contributed by atoms with van der Waals surface area (Å²) >= 11 is 0. The Morgan fingerprint density at radius 1 is 0.396 bits per heavy atom. The van der Waals surface area contributed by atoms with Gasteiger partial charge in [-0.25, -0.2) is 9.97 Å². The summed E-state index contributed by atoms with van der Waals surface area (Å²) in [7, 11) is 0. The molecule has 226 valence electrons. The van der Waals surface area contributed by atoms with Crippen molar-refractivity contribution in [2.75, 3.05) is 5.32 Å². The minimum atomic E-state index is -0.462. The Bertz CT molecular complexity index is 2380. The van der Waals surface area contributed by atoms with Crippen molar-refractivity contribution in [1.82, 2.24) is 9.97 Å². The van der Waals surface area contributed by atoms with Crippen LogP contribution in [0.25, 0.3) is 44.7 Å². The first-order valence-electron chi connectivity index (χ1n) is 16.3. The largest absolute Gasteiger partial charge is 0.355 e. The number of aromatic nitrogens is 2. The second-order valence-corrected chi connectivity index (χ2v) is 12.2. The summed E-state index contributed by atoms with van der Waals surface area (Å²) in [5, 5.41) is 3.83. The Hall–Kier alpha value is -6.32. The normalized spacial score (nSPS) is 12.8. The summed E-state index contributed by atoms with van der Waals surface area (Å²) in [6, 6.07) is 64.3. The highest BCUT2D eigenvalue weighted by Crippen LogP contribution is 2.56. The molecule has 1 aromatic heterocycles. The number of hydrogen-bond donors (Lipinski definition) is 1. The number of benzene rings is 7. The van der Waals surface area contributed by atoms with Crippen LogP contribution in [0.1, 0.15) is 22.3 Å². The van der Waals surface area contributed by atoms with Crippen LogP contribution in [0.15, 0.2) is 182 Å². The maximum atomic E-state index is 5.21. The fourth-order valence-corrected chi connectivity index (χ4v) is 7.46. The van der Waals surface area contributed by atoms with Gasteiger partial charge in [-0.2, -0.15) is 0 Å². The van der Waals surface area contributed by atoms with Gasteiger partial charge in [0.2, 0.25) is 0 Å². The molecule has 9 rings (SSSR count). The van der Waals surface area contributed by atoms with Crippen molar-refractivity contribution in [1.29, 1.82) is 0 Å². The van der Waals surface area contributed by atoms with Crippen LogP contribution in [0.5, 0.6) is 0 Å². The highest BCUT2D eigenvalue weighted by Gasteiger charge is 2.46. The summed E-state index contributed by atoms with van der Waals surface area (Å²) in [4.78, 5) is 10.3. The minimum Gasteiger partial charge on any atom is -0.355 e. The molecule has 0 fully saturated rings. The van der Waals surface area contributed by atoms with Crippen LogP contribution in [0, 0.1) is 0 Å². The highest BCUT2D eigenvalue weighted by atomic mass is 14.9. The standard InChI is InChI=1S/C45H31N3/c1-4-16-31(17-5-1)43-44(48-42-27-15-14-26-41(42)47-43)37-23-11-13-25-40(37)46-34-28-29-36-35-22-10-12-24-38(35)45(39(36)30-34,32-18-6-2-7-19-32)33-20-8-3-9-21-33/h1-30,46H. The SMILES string of the molecule is c1ccc(-c2nc3ccccc3nc2-c2ccccc2Nc2ccc3c(c2)C(c2ccccc2)(c2ccccc2)c2ccccc2-3)cc1. The maximum Gasteiger partial charge on any atom is 0.0993 e. The van der Waals surface area contributed by atoms with E-state index in [1.165, 1.54) is 33.4 Å². The van der Waals surface area contributed by atoms with Gasteiger partial charge >= 0.3 is 0 Å². The van der Waals surface area contributed by atoms with Crippen LogP contribution >= 0.6 is 0 Å². The van der Waals surface area contributed by atoms with Gasteiger partial charge in [0.05, 0.1) is 27.8 Å². The van der Waals surface area contributed by atoms with Gasteiger partial charge in [-0.05, 0) is 63.7 Å². The van der Waals surface area contributed by atoms with Gasteiger partial charge in [-0.1, -0.05) is 152 Å². The summed E-state index contributed by atoms with van der Waals surface area (Å²) in [6.45, 7) is 0. The van der Waals surface area contributed by atoms with Crippen LogP contribution in [0.4, 0.5) is 11.4 Å². The Balaban J connectivity index is 1.23. The van der Waals surface area contributed by atoms with E-state index in [-0.39, 0.29) is 0 Å². The quantitative estimate of drug-likeness (QED) is 0.203. The number of anilines is 2. The molecule has 0 saturated heterocycles. The van der Waals surface area contributed by atoms with Gasteiger partial charge < -0.3 is 5.32 Å². The first-order valence-corrected chi connectivity index (χ1v) is 16.3. The molecule has 0 saturated carbocycles. The Morgan fingerprint density at radius 2 is 0.917 bits per heavy atom. The third kappa shape index (κ3) is 4.44. The van der Waals surface area contributed by atoms with Gasteiger partial charge in [-0.15, -0.1) is 0 Å². The Kier molecular flexibility index (Phi) is 6.69. The van der Waals surface area contributed by atoms with E-state index in [4.69, 9.17) is 9.97 Å². The average Bonchev–Trinajstić information content (AvgIpc) is 3.46. The number of nitrogens with zero attached hydrogens (tertiary/aromatic N) is 2. The van der Waals surface area contributed by atoms with E-state index in [1.54, 1.807) is 0 Å². The molecule has 0 atom stereocenters. The fraction of sp³-hybridized carbons (Fsp3) is 0.0222. The molecular weight excluding hydrogens is 583 g/mol. The molecule has 1 aliphatic rings. The molecule has 0 radical (unpaired) electrons. The molecule has 7 aromatic carbocycles. The molecule has 0 unspecified atom stereocenters. The second-order valence-electron chi connectivity index (χ2n) is 12.2. The van der Waals surface area contributed by atoms with Gasteiger partial charge in [0.15, 0.2) is 0 Å². The number of nitrogens with one attached hydrogen (secondary N) is 1. The van der Waals surface area contributed by atoms with Crippen molar-refractivity contribution in [2.24, 2.45) is 0 Å². The molecule has 3 nitrogen and oxygen atoms in total. The number of rotatable bonds is 6. The smallest absolute Gasteiger partial charge is 0.0993 e. The fourth-order valence-electron chi connectivity index (χ4n) is 7.46. The van der Waals surface area contributed by atoms with E-state index in [0.29, 0.717) is 0 Å². The zero-order valence-electron chi connectivity index (χ0n) is 26.2. The zero-order chi connectivity index (χ0) is 31.9. The van der Waals surface area contributed by atoms with Gasteiger partial charge in [-0.3, -0.25) is 0 Å². The summed E-state index contributed by atoms with van der Waals surface area (Å²) in [5.74, 6) is 0. The first-order chi connectivity index (χ1) is 23.8. The monoisotopic (exact) mass is 613 g/mol. The van der Waals surface area contributed by atoms with E-state index >= 15 is 0 Å².